The number of amides is 1. The Morgan fingerprint density at radius 3 is 2.58 bits per heavy atom. The quantitative estimate of drug-likeness (QED) is 0.373. The number of hydrogen-bond donors (Lipinski definition) is 1. The molecule has 0 aliphatic heterocycles. The van der Waals surface area contributed by atoms with Gasteiger partial charge in [-0.25, -0.2) is 0 Å². The Morgan fingerprint density at radius 2 is 1.90 bits per heavy atom. The Kier molecular flexibility index (Phi) is 7.72. The van der Waals surface area contributed by atoms with Crippen molar-refractivity contribution in [1.82, 2.24) is 14.8 Å². The molecule has 0 aliphatic rings. The van der Waals surface area contributed by atoms with Crippen LogP contribution in [0.4, 0.5) is 5.69 Å². The molecular weight excluding hydrogens is 412 g/mol. The first-order valence-electron chi connectivity index (χ1n) is 9.80. The summed E-state index contributed by atoms with van der Waals surface area (Å²) in [5, 5.41) is 12.1. The predicted octanol–water partition coefficient (Wildman–Crippen LogP) is 4.40. The molecule has 7 nitrogen and oxygen atoms in total. The maximum atomic E-state index is 12.4. The van der Waals surface area contributed by atoms with E-state index >= 15 is 0 Å². The molecule has 1 amide bonds. The second-order valence-electron chi connectivity index (χ2n) is 6.92. The van der Waals surface area contributed by atoms with Crippen LogP contribution in [0.25, 0.3) is 0 Å². The average Bonchev–Trinajstić information content (AvgIpc) is 3.15. The third-order valence-electron chi connectivity index (χ3n) is 4.52. The van der Waals surface area contributed by atoms with Gasteiger partial charge >= 0.3 is 0 Å². The van der Waals surface area contributed by atoms with Gasteiger partial charge in [0, 0.05) is 12.2 Å². The van der Waals surface area contributed by atoms with Crippen molar-refractivity contribution in [1.29, 1.82) is 0 Å². The van der Waals surface area contributed by atoms with Gasteiger partial charge in [0.05, 0.1) is 12.9 Å². The SMILES string of the molecule is C=CCn1c(COc2ccc(OC)cc2)nnc1SCC(=O)Nc1ccc(C)cc1C. The fraction of sp³-hybridized carbons (Fsp3) is 0.261. The van der Waals surface area contributed by atoms with Gasteiger partial charge in [0.2, 0.25) is 5.91 Å². The number of nitrogens with one attached hydrogen (secondary N) is 1. The molecule has 0 fully saturated rings. The van der Waals surface area contributed by atoms with Crippen molar-refractivity contribution in [2.24, 2.45) is 0 Å². The number of ether oxygens (including phenoxy) is 2. The molecule has 1 N–H and O–H groups in total. The number of allylic oxidation sites excluding steroid dienone is 1. The van der Waals surface area contributed by atoms with Crippen molar-refractivity contribution < 1.29 is 14.3 Å². The highest BCUT2D eigenvalue weighted by molar-refractivity contribution is 7.99. The van der Waals surface area contributed by atoms with Crippen molar-refractivity contribution in [3.05, 3.63) is 72.1 Å². The number of anilines is 1. The normalized spacial score (nSPS) is 10.5. The summed E-state index contributed by atoms with van der Waals surface area (Å²) in [7, 11) is 1.62. The zero-order valence-corrected chi connectivity index (χ0v) is 18.7. The van der Waals surface area contributed by atoms with Gasteiger partial charge in [-0.3, -0.25) is 9.36 Å². The van der Waals surface area contributed by atoms with Crippen LogP contribution in [0.15, 0.2) is 60.3 Å². The van der Waals surface area contributed by atoms with Gasteiger partial charge in [-0.2, -0.15) is 0 Å². The molecule has 0 saturated carbocycles. The van der Waals surface area contributed by atoms with E-state index in [0.717, 1.165) is 22.6 Å². The second-order valence-corrected chi connectivity index (χ2v) is 7.86. The minimum Gasteiger partial charge on any atom is -0.497 e. The maximum Gasteiger partial charge on any atom is 0.234 e. The van der Waals surface area contributed by atoms with E-state index in [1.807, 2.05) is 60.9 Å². The van der Waals surface area contributed by atoms with E-state index in [1.165, 1.54) is 11.8 Å². The van der Waals surface area contributed by atoms with Crippen molar-refractivity contribution in [2.75, 3.05) is 18.2 Å². The summed E-state index contributed by atoms with van der Waals surface area (Å²) in [6, 6.07) is 13.3. The number of nitrogens with zero attached hydrogens (tertiary/aromatic N) is 3. The van der Waals surface area contributed by atoms with Crippen LogP contribution in [0.3, 0.4) is 0 Å². The summed E-state index contributed by atoms with van der Waals surface area (Å²) in [5.74, 6) is 2.26. The molecule has 0 radical (unpaired) electrons. The van der Waals surface area contributed by atoms with E-state index < -0.39 is 0 Å². The van der Waals surface area contributed by atoms with E-state index in [2.05, 4.69) is 22.1 Å². The monoisotopic (exact) mass is 438 g/mol. The van der Waals surface area contributed by atoms with E-state index in [4.69, 9.17) is 9.47 Å². The molecule has 0 bridgehead atoms. The number of methoxy groups -OCH3 is 1. The number of carbonyl (C=O) groups is 1. The lowest BCUT2D eigenvalue weighted by Gasteiger charge is -2.10. The molecule has 1 aromatic heterocycles. The summed E-state index contributed by atoms with van der Waals surface area (Å²) in [6.07, 6.45) is 1.76. The molecule has 162 valence electrons. The van der Waals surface area contributed by atoms with Crippen LogP contribution in [0.2, 0.25) is 0 Å². The van der Waals surface area contributed by atoms with Crippen molar-refractivity contribution in [2.45, 2.75) is 32.2 Å². The molecule has 0 aliphatic carbocycles. The minimum atomic E-state index is -0.0962. The van der Waals surface area contributed by atoms with Gasteiger partial charge in [0.25, 0.3) is 0 Å². The number of aryl methyl sites for hydroxylation is 2. The molecule has 0 spiro atoms. The second kappa shape index (κ2) is 10.7. The number of benzene rings is 2. The van der Waals surface area contributed by atoms with Gasteiger partial charge in [-0.15, -0.1) is 16.8 Å². The molecule has 3 rings (SSSR count). The lowest BCUT2D eigenvalue weighted by atomic mass is 10.1. The van der Waals surface area contributed by atoms with Crippen LogP contribution in [0, 0.1) is 13.8 Å². The number of carbonyl (C=O) groups excluding carboxylic acids is 1. The molecule has 8 heteroatoms. The Bertz CT molecular complexity index is 1050. The Hall–Kier alpha value is -3.26. The smallest absolute Gasteiger partial charge is 0.234 e. The van der Waals surface area contributed by atoms with Crippen LogP contribution in [-0.4, -0.2) is 33.5 Å². The Morgan fingerprint density at radius 1 is 1.16 bits per heavy atom. The highest BCUT2D eigenvalue weighted by Crippen LogP contribution is 2.22. The molecule has 0 saturated heterocycles. The van der Waals surface area contributed by atoms with Crippen LogP contribution < -0.4 is 14.8 Å². The van der Waals surface area contributed by atoms with E-state index in [-0.39, 0.29) is 18.3 Å². The average molecular weight is 439 g/mol. The van der Waals surface area contributed by atoms with Crippen LogP contribution in [0.5, 0.6) is 11.5 Å². The van der Waals surface area contributed by atoms with E-state index in [9.17, 15) is 4.79 Å². The van der Waals surface area contributed by atoms with Crippen molar-refractivity contribution in [3.8, 4) is 11.5 Å². The highest BCUT2D eigenvalue weighted by Gasteiger charge is 2.14. The summed E-state index contributed by atoms with van der Waals surface area (Å²) in [4.78, 5) is 12.4. The maximum absolute atomic E-state index is 12.4. The molecule has 1 heterocycles. The van der Waals surface area contributed by atoms with E-state index in [1.54, 1.807) is 13.2 Å². The lowest BCUT2D eigenvalue weighted by Crippen LogP contribution is -2.15. The molecule has 3 aromatic rings. The topological polar surface area (TPSA) is 78.3 Å². The molecule has 31 heavy (non-hydrogen) atoms. The fourth-order valence-electron chi connectivity index (χ4n) is 2.94. The van der Waals surface area contributed by atoms with E-state index in [0.29, 0.717) is 23.3 Å². The summed E-state index contributed by atoms with van der Waals surface area (Å²) >= 11 is 1.33. The van der Waals surface area contributed by atoms with Gasteiger partial charge < -0.3 is 14.8 Å². The zero-order valence-electron chi connectivity index (χ0n) is 17.9. The van der Waals surface area contributed by atoms with Crippen LogP contribution >= 0.6 is 11.8 Å². The predicted molar refractivity (Wildman–Crippen MR) is 123 cm³/mol. The number of rotatable bonds is 10. The van der Waals surface area contributed by atoms with Gasteiger partial charge in [-0.1, -0.05) is 35.5 Å². The number of aromatic nitrogens is 3. The first kappa shape index (κ1) is 22.4. The molecule has 0 atom stereocenters. The van der Waals surface area contributed by atoms with Gasteiger partial charge in [-0.05, 0) is 49.7 Å². The fourth-order valence-corrected chi connectivity index (χ4v) is 3.70. The molecular formula is C23H26N4O3S. The van der Waals surface area contributed by atoms with Crippen LogP contribution in [-0.2, 0) is 17.9 Å². The third-order valence-corrected chi connectivity index (χ3v) is 5.49. The third kappa shape index (κ3) is 6.11. The largest absolute Gasteiger partial charge is 0.497 e. The first-order valence-corrected chi connectivity index (χ1v) is 10.8. The summed E-state index contributed by atoms with van der Waals surface area (Å²) in [6.45, 7) is 8.58. The Labute approximate surface area is 186 Å². The zero-order chi connectivity index (χ0) is 22.2. The summed E-state index contributed by atoms with van der Waals surface area (Å²) < 4.78 is 12.9. The highest BCUT2D eigenvalue weighted by atomic mass is 32.2. The summed E-state index contributed by atoms with van der Waals surface area (Å²) in [5.41, 5.74) is 3.01. The van der Waals surface area contributed by atoms with Crippen molar-refractivity contribution >= 4 is 23.4 Å². The number of thioether (sulfide) groups is 1. The standard InChI is InChI=1S/C23H26N4O3S/c1-5-12-27-21(14-30-19-9-7-18(29-4)8-10-19)25-26-23(27)31-15-22(28)24-20-11-6-16(2)13-17(20)3/h5-11,13H,1,12,14-15H2,2-4H3,(H,24,28). The Balaban J connectivity index is 1.61. The number of hydrogen-bond acceptors (Lipinski definition) is 6. The van der Waals surface area contributed by atoms with Gasteiger partial charge in [0.15, 0.2) is 11.0 Å². The van der Waals surface area contributed by atoms with Crippen LogP contribution in [0.1, 0.15) is 17.0 Å². The molecule has 2 aromatic carbocycles. The lowest BCUT2D eigenvalue weighted by molar-refractivity contribution is -0.113. The first-order chi connectivity index (χ1) is 15.0. The molecule has 0 unspecified atom stereocenters. The van der Waals surface area contributed by atoms with Crippen molar-refractivity contribution in [3.63, 3.8) is 0 Å². The minimum absolute atomic E-state index is 0.0962. The van der Waals surface area contributed by atoms with Gasteiger partial charge in [0.1, 0.15) is 18.1 Å².